The fraction of sp³-hybridized carbons (Fsp3) is 0.320. The second kappa shape index (κ2) is 6.58. The molecule has 4 aliphatic rings. The quantitative estimate of drug-likeness (QED) is 0.393. The highest BCUT2D eigenvalue weighted by molar-refractivity contribution is 8.78. The van der Waals surface area contributed by atoms with Gasteiger partial charge in [0.2, 0.25) is 0 Å². The van der Waals surface area contributed by atoms with Gasteiger partial charge in [0.15, 0.2) is 9.74 Å². The molecule has 4 aliphatic heterocycles. The summed E-state index contributed by atoms with van der Waals surface area (Å²) in [6.07, 6.45) is 2.36. The molecule has 0 N–H and O–H groups in total. The first-order valence-corrected chi connectivity index (χ1v) is 12.9. The highest BCUT2D eigenvalue weighted by Gasteiger charge is 2.77. The first-order chi connectivity index (χ1) is 15.8. The number of fused-ring (bicyclic) bond motifs is 3. The van der Waals surface area contributed by atoms with Crippen LogP contribution in [0.4, 0.5) is 0 Å². The third-order valence-electron chi connectivity index (χ3n) is 7.40. The second-order valence-electron chi connectivity index (χ2n) is 9.33. The number of likely N-dealkylation sites (N-methyl/N-ethyl adjacent to an activating group) is 1. The molecule has 8 heteroatoms. The molecule has 0 saturated carbocycles. The van der Waals surface area contributed by atoms with Gasteiger partial charge in [-0.15, -0.1) is 0 Å². The maximum Gasteiger partial charge on any atom is 0.262 e. The minimum absolute atomic E-state index is 0.0856. The number of piperazine rings is 1. The van der Waals surface area contributed by atoms with Crippen LogP contribution in [0.1, 0.15) is 31.9 Å². The van der Waals surface area contributed by atoms with E-state index >= 15 is 0 Å². The number of nitrogens with zero attached hydrogens (tertiary/aromatic N) is 4. The van der Waals surface area contributed by atoms with Crippen LogP contribution in [-0.4, -0.2) is 48.5 Å². The lowest BCUT2D eigenvalue weighted by atomic mass is 9.87. The Balaban J connectivity index is 1.62. The van der Waals surface area contributed by atoms with Crippen molar-refractivity contribution in [3.8, 4) is 5.69 Å². The number of carbonyl (C=O) groups excluding carboxylic acids is 2. The Kier molecular flexibility index (Phi) is 4.13. The average Bonchev–Trinajstić information content (AvgIpc) is 3.34. The monoisotopic (exact) mass is 474 g/mol. The molecule has 4 saturated heterocycles. The van der Waals surface area contributed by atoms with Crippen molar-refractivity contribution >= 4 is 44.3 Å². The van der Waals surface area contributed by atoms with Crippen LogP contribution in [0.25, 0.3) is 21.4 Å². The summed E-state index contributed by atoms with van der Waals surface area (Å²) in [5.41, 5.74) is 2.01. The standard InChI is InChI=1S/C25H22N4O2S2/c1-23(26-3)15-25-22(31)27(4)24(2,32-33-25)21(30)29(25)20(23)18-14-28(16-10-6-5-7-11-16)19-13-9-8-12-17(18)19/h5-14,20H,15H2,1-2,4H3/t20?,23-,24-,25-/m0/s1. The summed E-state index contributed by atoms with van der Waals surface area (Å²) in [7, 11) is 4.59. The summed E-state index contributed by atoms with van der Waals surface area (Å²) >= 11 is 0. The number of hydrogen-bond donors (Lipinski definition) is 0. The van der Waals surface area contributed by atoms with E-state index < -0.39 is 21.3 Å². The van der Waals surface area contributed by atoms with E-state index in [0.29, 0.717) is 6.42 Å². The predicted octanol–water partition coefficient (Wildman–Crippen LogP) is 4.86. The second-order valence-corrected chi connectivity index (χ2v) is 12.1. The molecule has 166 valence electrons. The summed E-state index contributed by atoms with van der Waals surface area (Å²) in [4.78, 5) is 32.9. The molecular weight excluding hydrogens is 452 g/mol. The van der Waals surface area contributed by atoms with Gasteiger partial charge in [-0.05, 0) is 25.1 Å². The van der Waals surface area contributed by atoms with Crippen molar-refractivity contribution in [2.75, 3.05) is 7.05 Å². The Morgan fingerprint density at radius 3 is 2.42 bits per heavy atom. The van der Waals surface area contributed by atoms with Crippen LogP contribution in [0.5, 0.6) is 0 Å². The van der Waals surface area contributed by atoms with Crippen LogP contribution < -0.4 is 0 Å². The zero-order chi connectivity index (χ0) is 23.2. The van der Waals surface area contributed by atoms with Crippen LogP contribution in [0.15, 0.2) is 60.8 Å². The first-order valence-electron chi connectivity index (χ1n) is 10.8. The minimum Gasteiger partial charge on any atom is -0.319 e. The lowest BCUT2D eigenvalue weighted by molar-refractivity contribution is -0.164. The largest absolute Gasteiger partial charge is 0.319 e. The first kappa shape index (κ1) is 20.7. The lowest BCUT2D eigenvalue weighted by Gasteiger charge is -2.57. The van der Waals surface area contributed by atoms with E-state index in [0.717, 1.165) is 22.2 Å². The Bertz CT molecular complexity index is 1380. The number of benzene rings is 2. The van der Waals surface area contributed by atoms with Crippen molar-refractivity contribution in [3.05, 3.63) is 77.8 Å². The third-order valence-corrected chi connectivity index (χ3v) is 11.1. The molecule has 0 aliphatic carbocycles. The van der Waals surface area contributed by atoms with Crippen LogP contribution in [0.3, 0.4) is 0 Å². The van der Waals surface area contributed by atoms with Crippen LogP contribution in [0.2, 0.25) is 0 Å². The molecule has 7 rings (SSSR count). The Hall–Kier alpha value is -2.89. The summed E-state index contributed by atoms with van der Waals surface area (Å²) in [6.45, 7) is 11.9. The normalized spacial score (nSPS) is 33.0. The predicted molar refractivity (Wildman–Crippen MR) is 132 cm³/mol. The van der Waals surface area contributed by atoms with Crippen molar-refractivity contribution in [1.82, 2.24) is 14.4 Å². The molecule has 5 heterocycles. The van der Waals surface area contributed by atoms with Gasteiger partial charge < -0.3 is 19.2 Å². The van der Waals surface area contributed by atoms with Crippen molar-refractivity contribution < 1.29 is 9.59 Å². The molecule has 4 atom stereocenters. The molecule has 33 heavy (non-hydrogen) atoms. The zero-order valence-electron chi connectivity index (χ0n) is 18.5. The molecule has 2 amide bonds. The summed E-state index contributed by atoms with van der Waals surface area (Å²) in [5, 5.41) is 0.996. The molecule has 3 aromatic rings. The summed E-state index contributed by atoms with van der Waals surface area (Å²) in [6, 6.07) is 17.6. The zero-order valence-corrected chi connectivity index (χ0v) is 20.1. The van der Waals surface area contributed by atoms with E-state index in [4.69, 9.17) is 6.57 Å². The smallest absolute Gasteiger partial charge is 0.262 e. The minimum atomic E-state index is -1.06. The van der Waals surface area contributed by atoms with Crippen molar-refractivity contribution in [2.45, 2.75) is 41.6 Å². The number of hydrogen-bond acceptors (Lipinski definition) is 4. The SMILES string of the molecule is [C-]#[N+][C@@]1(C)C[C@@]23SS[C@@](C)(C(=O)N2C1c1cn(-c2ccccc2)c2ccccc12)N(C)C3=O. The van der Waals surface area contributed by atoms with Crippen molar-refractivity contribution in [1.29, 1.82) is 0 Å². The topological polar surface area (TPSA) is 49.9 Å². The molecule has 1 unspecified atom stereocenters. The number of para-hydroxylation sites is 2. The molecule has 1 aromatic heterocycles. The molecule has 1 spiro atoms. The van der Waals surface area contributed by atoms with Crippen molar-refractivity contribution in [2.24, 2.45) is 0 Å². The van der Waals surface area contributed by atoms with E-state index in [1.807, 2.05) is 62.4 Å². The molecule has 2 bridgehead atoms. The van der Waals surface area contributed by atoms with Crippen LogP contribution >= 0.6 is 21.6 Å². The Morgan fingerprint density at radius 2 is 1.70 bits per heavy atom. The van der Waals surface area contributed by atoms with E-state index in [1.54, 1.807) is 16.8 Å². The fourth-order valence-electron chi connectivity index (χ4n) is 5.58. The van der Waals surface area contributed by atoms with Crippen LogP contribution in [0, 0.1) is 6.57 Å². The summed E-state index contributed by atoms with van der Waals surface area (Å²) in [5.74, 6) is -0.181. The van der Waals surface area contributed by atoms with Gasteiger partial charge in [0, 0.05) is 36.8 Å². The molecule has 6 nitrogen and oxygen atoms in total. The fourth-order valence-corrected chi connectivity index (χ4v) is 9.16. The molecular formula is C25H22N4O2S2. The molecule has 4 fully saturated rings. The Labute approximate surface area is 200 Å². The van der Waals surface area contributed by atoms with Gasteiger partial charge in [0.05, 0.1) is 11.9 Å². The number of rotatable bonds is 2. The van der Waals surface area contributed by atoms with Gasteiger partial charge in [-0.2, -0.15) is 0 Å². The van der Waals surface area contributed by atoms with Gasteiger partial charge in [-0.25, -0.2) is 6.57 Å². The molecule has 2 aromatic carbocycles. The Morgan fingerprint density at radius 1 is 1.00 bits per heavy atom. The van der Waals surface area contributed by atoms with E-state index in [2.05, 4.69) is 21.7 Å². The van der Waals surface area contributed by atoms with Crippen molar-refractivity contribution in [3.63, 3.8) is 0 Å². The molecule has 0 radical (unpaired) electrons. The third kappa shape index (κ3) is 2.42. The maximum absolute atomic E-state index is 13.9. The van der Waals surface area contributed by atoms with Gasteiger partial charge in [-0.1, -0.05) is 58.0 Å². The highest BCUT2D eigenvalue weighted by Crippen LogP contribution is 2.68. The lowest BCUT2D eigenvalue weighted by Crippen LogP contribution is -2.73. The van der Waals surface area contributed by atoms with E-state index in [-0.39, 0.29) is 11.8 Å². The van der Waals surface area contributed by atoms with Crippen LogP contribution in [-0.2, 0) is 9.59 Å². The van der Waals surface area contributed by atoms with Gasteiger partial charge in [-0.3, -0.25) is 9.59 Å². The van der Waals surface area contributed by atoms with E-state index in [9.17, 15) is 9.59 Å². The van der Waals surface area contributed by atoms with Gasteiger partial charge >= 0.3 is 0 Å². The average molecular weight is 475 g/mol. The number of amides is 2. The number of aromatic nitrogens is 1. The van der Waals surface area contributed by atoms with E-state index in [1.165, 1.54) is 21.6 Å². The highest BCUT2D eigenvalue weighted by atomic mass is 33.1. The number of carbonyl (C=O) groups is 2. The van der Waals surface area contributed by atoms with Gasteiger partial charge in [0.25, 0.3) is 17.4 Å². The maximum atomic E-state index is 13.9. The summed E-state index contributed by atoms with van der Waals surface area (Å²) < 4.78 is 2.12. The van der Waals surface area contributed by atoms with Gasteiger partial charge in [0.1, 0.15) is 6.04 Å².